The molecular formula is C20H16N10. The van der Waals surface area contributed by atoms with Gasteiger partial charge >= 0.3 is 0 Å². The number of rotatable bonds is 2. The van der Waals surface area contributed by atoms with Gasteiger partial charge in [0.15, 0.2) is 11.6 Å². The summed E-state index contributed by atoms with van der Waals surface area (Å²) in [6.07, 6.45) is 0. The van der Waals surface area contributed by atoms with Crippen LogP contribution in [0.2, 0.25) is 0 Å². The molecular weight excluding hydrogens is 380 g/mol. The summed E-state index contributed by atoms with van der Waals surface area (Å²) in [6.45, 7) is 0. The molecule has 30 heavy (non-hydrogen) atoms. The summed E-state index contributed by atoms with van der Waals surface area (Å²) < 4.78 is 0. The molecule has 8 N–H and O–H groups in total. The predicted octanol–water partition coefficient (Wildman–Crippen LogP) is 2.03. The van der Waals surface area contributed by atoms with Crippen molar-refractivity contribution >= 4 is 45.3 Å². The fraction of sp³-hybridized carbons (Fsp3) is 0. The van der Waals surface area contributed by atoms with Gasteiger partial charge in [0.25, 0.3) is 0 Å². The highest BCUT2D eigenvalue weighted by atomic mass is 15.1. The van der Waals surface area contributed by atoms with Gasteiger partial charge in [-0.2, -0.15) is 29.9 Å². The van der Waals surface area contributed by atoms with Gasteiger partial charge in [-0.1, -0.05) is 36.4 Å². The maximum Gasteiger partial charge on any atom is 0.225 e. The Labute approximate surface area is 170 Å². The molecule has 0 saturated carbocycles. The second-order valence-electron chi connectivity index (χ2n) is 6.66. The van der Waals surface area contributed by atoms with Crippen molar-refractivity contribution in [2.45, 2.75) is 0 Å². The Morgan fingerprint density at radius 2 is 1.07 bits per heavy atom. The number of nitrogen functional groups attached to an aromatic ring is 4. The molecule has 0 spiro atoms. The van der Waals surface area contributed by atoms with Crippen molar-refractivity contribution in [3.8, 4) is 22.8 Å². The molecule has 0 aliphatic carbocycles. The molecule has 0 aliphatic rings. The van der Waals surface area contributed by atoms with Crippen molar-refractivity contribution in [3.05, 3.63) is 48.5 Å². The van der Waals surface area contributed by atoms with Crippen LogP contribution in [0.3, 0.4) is 0 Å². The summed E-state index contributed by atoms with van der Waals surface area (Å²) in [5.74, 6) is 0.952. The highest BCUT2D eigenvalue weighted by Crippen LogP contribution is 2.36. The molecule has 0 atom stereocenters. The van der Waals surface area contributed by atoms with E-state index in [1.165, 1.54) is 0 Å². The third-order valence-corrected chi connectivity index (χ3v) is 4.69. The first-order chi connectivity index (χ1) is 14.5. The van der Waals surface area contributed by atoms with Gasteiger partial charge in [0, 0.05) is 11.1 Å². The van der Waals surface area contributed by atoms with Gasteiger partial charge in [-0.15, -0.1) is 0 Å². The number of nitrogens with two attached hydrogens (primary N) is 4. The topological polar surface area (TPSA) is 181 Å². The largest absolute Gasteiger partial charge is 0.368 e. The Kier molecular flexibility index (Phi) is 3.78. The average Bonchev–Trinajstić information content (AvgIpc) is 2.70. The average molecular weight is 396 g/mol. The lowest BCUT2D eigenvalue weighted by Gasteiger charge is -2.12. The van der Waals surface area contributed by atoms with Gasteiger partial charge in [-0.05, 0) is 33.7 Å². The van der Waals surface area contributed by atoms with E-state index in [-0.39, 0.29) is 23.8 Å². The SMILES string of the molecule is Nc1nc(N)nc(-c2ccc3cc4ccccc4c(-c4nc(N)nc(N)n4)c3c2)n1. The van der Waals surface area contributed by atoms with E-state index in [4.69, 9.17) is 22.9 Å². The predicted molar refractivity (Wildman–Crippen MR) is 117 cm³/mol. The molecule has 0 fully saturated rings. The van der Waals surface area contributed by atoms with Crippen LogP contribution in [-0.2, 0) is 0 Å². The molecule has 10 heteroatoms. The lowest BCUT2D eigenvalue weighted by molar-refractivity contribution is 1.09. The molecule has 0 radical (unpaired) electrons. The van der Waals surface area contributed by atoms with Crippen molar-refractivity contribution in [2.75, 3.05) is 22.9 Å². The Morgan fingerprint density at radius 3 is 1.73 bits per heavy atom. The first kappa shape index (κ1) is 17.5. The summed E-state index contributed by atoms with van der Waals surface area (Å²) in [7, 11) is 0. The summed E-state index contributed by atoms with van der Waals surface area (Å²) in [6, 6.07) is 15.8. The maximum atomic E-state index is 5.84. The van der Waals surface area contributed by atoms with Crippen LogP contribution in [0, 0.1) is 0 Å². The fourth-order valence-electron chi connectivity index (χ4n) is 3.50. The van der Waals surface area contributed by atoms with Gasteiger partial charge in [-0.3, -0.25) is 0 Å². The second kappa shape index (κ2) is 6.48. The van der Waals surface area contributed by atoms with E-state index < -0.39 is 0 Å². The minimum Gasteiger partial charge on any atom is -0.368 e. The van der Waals surface area contributed by atoms with Gasteiger partial charge < -0.3 is 22.9 Å². The zero-order chi connectivity index (χ0) is 20.8. The summed E-state index contributed by atoms with van der Waals surface area (Å²) in [5.41, 5.74) is 24.7. The van der Waals surface area contributed by atoms with Crippen molar-refractivity contribution in [1.82, 2.24) is 29.9 Å². The van der Waals surface area contributed by atoms with Crippen molar-refractivity contribution in [3.63, 3.8) is 0 Å². The van der Waals surface area contributed by atoms with E-state index in [2.05, 4.69) is 36.0 Å². The quantitative estimate of drug-likeness (QED) is 0.322. The lowest BCUT2D eigenvalue weighted by Crippen LogP contribution is -2.05. The van der Waals surface area contributed by atoms with Gasteiger partial charge in [0.2, 0.25) is 23.8 Å². The Morgan fingerprint density at radius 1 is 0.500 bits per heavy atom. The summed E-state index contributed by atoms with van der Waals surface area (Å²) in [5, 5.41) is 3.81. The molecule has 0 aliphatic heterocycles. The molecule has 2 aromatic heterocycles. The monoisotopic (exact) mass is 396 g/mol. The molecule has 0 unspecified atom stereocenters. The van der Waals surface area contributed by atoms with Gasteiger partial charge in [0.1, 0.15) is 0 Å². The summed E-state index contributed by atoms with van der Waals surface area (Å²) in [4.78, 5) is 24.8. The normalized spacial score (nSPS) is 11.2. The van der Waals surface area contributed by atoms with Crippen molar-refractivity contribution in [2.24, 2.45) is 0 Å². The maximum absolute atomic E-state index is 5.84. The van der Waals surface area contributed by atoms with Crippen LogP contribution in [0.1, 0.15) is 0 Å². The highest BCUT2D eigenvalue weighted by molar-refractivity contribution is 6.12. The smallest absolute Gasteiger partial charge is 0.225 e. The Balaban J connectivity index is 1.88. The number of hydrogen-bond donors (Lipinski definition) is 4. The van der Waals surface area contributed by atoms with Crippen LogP contribution in [-0.4, -0.2) is 29.9 Å². The van der Waals surface area contributed by atoms with E-state index in [9.17, 15) is 0 Å². The first-order valence-corrected chi connectivity index (χ1v) is 8.98. The molecule has 5 rings (SSSR count). The molecule has 0 amide bonds. The zero-order valence-electron chi connectivity index (χ0n) is 15.6. The van der Waals surface area contributed by atoms with E-state index in [0.717, 1.165) is 32.7 Å². The molecule has 0 bridgehead atoms. The van der Waals surface area contributed by atoms with Crippen LogP contribution in [0.4, 0.5) is 23.8 Å². The van der Waals surface area contributed by atoms with Crippen LogP contribution in [0.15, 0.2) is 48.5 Å². The minimum absolute atomic E-state index is 0.0488. The third-order valence-electron chi connectivity index (χ3n) is 4.69. The van der Waals surface area contributed by atoms with E-state index in [1.54, 1.807) is 0 Å². The van der Waals surface area contributed by atoms with Crippen molar-refractivity contribution in [1.29, 1.82) is 0 Å². The van der Waals surface area contributed by atoms with Crippen LogP contribution < -0.4 is 22.9 Å². The first-order valence-electron chi connectivity index (χ1n) is 8.98. The standard InChI is InChI=1S/C20H16N10/c21-17-25-15(26-18(22)29-17)11-6-5-10-7-9-3-1-2-4-12(9)14(13(10)8-11)16-27-19(23)30-20(24)28-16/h1-8H,(H4,21,22,25,26,29)(H4,23,24,27,28,30). The number of fused-ring (bicyclic) bond motifs is 2. The number of aromatic nitrogens is 6. The number of hydrogen-bond acceptors (Lipinski definition) is 10. The van der Waals surface area contributed by atoms with Crippen LogP contribution in [0.25, 0.3) is 44.3 Å². The molecule has 146 valence electrons. The molecule has 10 nitrogen and oxygen atoms in total. The number of benzene rings is 3. The van der Waals surface area contributed by atoms with Gasteiger partial charge in [-0.25, -0.2) is 0 Å². The molecule has 5 aromatic rings. The molecule has 2 heterocycles. The van der Waals surface area contributed by atoms with Gasteiger partial charge in [0.05, 0.1) is 0 Å². The van der Waals surface area contributed by atoms with E-state index >= 15 is 0 Å². The lowest BCUT2D eigenvalue weighted by atomic mass is 9.94. The van der Waals surface area contributed by atoms with E-state index in [1.807, 2.05) is 42.5 Å². The third kappa shape index (κ3) is 2.92. The molecule has 0 saturated heterocycles. The Bertz CT molecular complexity index is 1410. The van der Waals surface area contributed by atoms with E-state index in [0.29, 0.717) is 11.6 Å². The number of nitrogens with zero attached hydrogens (tertiary/aromatic N) is 6. The zero-order valence-corrected chi connectivity index (χ0v) is 15.6. The molecule has 3 aromatic carbocycles. The van der Waals surface area contributed by atoms with Crippen LogP contribution in [0.5, 0.6) is 0 Å². The Hall–Kier alpha value is -4.60. The second-order valence-corrected chi connectivity index (χ2v) is 6.66. The summed E-state index contributed by atoms with van der Waals surface area (Å²) >= 11 is 0. The van der Waals surface area contributed by atoms with Crippen molar-refractivity contribution < 1.29 is 0 Å². The highest BCUT2D eigenvalue weighted by Gasteiger charge is 2.16. The van der Waals surface area contributed by atoms with Crippen LogP contribution >= 0.6 is 0 Å². The fourth-order valence-corrected chi connectivity index (χ4v) is 3.50. The number of anilines is 4. The minimum atomic E-state index is 0.0488.